The maximum Gasteiger partial charge on any atom is 0.308 e. The Morgan fingerprint density at radius 3 is 3.00 bits per heavy atom. The molecule has 1 N–H and O–H groups in total. The summed E-state index contributed by atoms with van der Waals surface area (Å²) in [7, 11) is 0. The highest BCUT2D eigenvalue weighted by atomic mass is 16.6. The van der Waals surface area contributed by atoms with Crippen LogP contribution in [0.15, 0.2) is 18.2 Å². The van der Waals surface area contributed by atoms with Crippen LogP contribution in [-0.4, -0.2) is 30.9 Å². The summed E-state index contributed by atoms with van der Waals surface area (Å²) in [5, 5.41) is 10.0. The number of benzene rings is 1. The predicted molar refractivity (Wildman–Crippen MR) is 63.6 cm³/mol. The first-order valence-electron chi connectivity index (χ1n) is 5.94. The zero-order chi connectivity index (χ0) is 13.0. The third kappa shape index (κ3) is 2.73. The van der Waals surface area contributed by atoms with E-state index in [9.17, 15) is 9.90 Å². The summed E-state index contributed by atoms with van der Waals surface area (Å²) in [5.41, 5.74) is 0.556. The monoisotopic (exact) mass is 252 g/mol. The number of carbonyl (C=O) groups excluding carboxylic acids is 1. The van der Waals surface area contributed by atoms with E-state index in [-0.39, 0.29) is 6.42 Å². The molecule has 2 rings (SSSR count). The Kier molecular flexibility index (Phi) is 4.04. The van der Waals surface area contributed by atoms with Crippen molar-refractivity contribution < 1.29 is 24.1 Å². The lowest BCUT2D eigenvalue weighted by Gasteiger charge is -2.22. The zero-order valence-corrected chi connectivity index (χ0v) is 10.2. The van der Waals surface area contributed by atoms with Gasteiger partial charge in [0, 0.05) is 5.56 Å². The molecule has 1 atom stereocenters. The summed E-state index contributed by atoms with van der Waals surface area (Å²) < 4.78 is 15.7. The minimum Gasteiger partial charge on any atom is -0.486 e. The summed E-state index contributed by atoms with van der Waals surface area (Å²) in [4.78, 5) is 11.3. The SMILES string of the molecule is CCOC(=O)CC(O)c1cccc2c1OCCO2. The van der Waals surface area contributed by atoms with Crippen molar-refractivity contribution in [1.82, 2.24) is 0 Å². The van der Waals surface area contributed by atoms with Crippen molar-refractivity contribution in [3.05, 3.63) is 23.8 Å². The Hall–Kier alpha value is -1.75. The fourth-order valence-electron chi connectivity index (χ4n) is 1.85. The van der Waals surface area contributed by atoms with Crippen LogP contribution in [0.25, 0.3) is 0 Å². The predicted octanol–water partition coefficient (Wildman–Crippen LogP) is 1.44. The Bertz CT molecular complexity index is 429. The van der Waals surface area contributed by atoms with E-state index in [2.05, 4.69) is 0 Å². The second-order valence-electron chi connectivity index (χ2n) is 3.90. The molecule has 1 heterocycles. The molecule has 0 aromatic heterocycles. The molecule has 0 saturated carbocycles. The van der Waals surface area contributed by atoms with Gasteiger partial charge in [-0.1, -0.05) is 12.1 Å². The molecule has 0 fully saturated rings. The molecule has 5 heteroatoms. The van der Waals surface area contributed by atoms with E-state index in [4.69, 9.17) is 14.2 Å². The molecule has 0 saturated heterocycles. The maximum atomic E-state index is 11.3. The van der Waals surface area contributed by atoms with E-state index in [1.54, 1.807) is 25.1 Å². The lowest BCUT2D eigenvalue weighted by molar-refractivity contribution is -0.145. The fraction of sp³-hybridized carbons (Fsp3) is 0.462. The van der Waals surface area contributed by atoms with Crippen LogP contribution < -0.4 is 9.47 Å². The van der Waals surface area contributed by atoms with Gasteiger partial charge in [0.2, 0.25) is 0 Å². The molecular weight excluding hydrogens is 236 g/mol. The van der Waals surface area contributed by atoms with Crippen LogP contribution in [0.5, 0.6) is 11.5 Å². The van der Waals surface area contributed by atoms with Crippen molar-refractivity contribution in [2.75, 3.05) is 19.8 Å². The Morgan fingerprint density at radius 1 is 1.44 bits per heavy atom. The van der Waals surface area contributed by atoms with Gasteiger partial charge in [-0.2, -0.15) is 0 Å². The second kappa shape index (κ2) is 5.73. The third-order valence-corrected chi connectivity index (χ3v) is 2.62. The van der Waals surface area contributed by atoms with Gasteiger partial charge >= 0.3 is 5.97 Å². The normalized spacial score (nSPS) is 15.0. The van der Waals surface area contributed by atoms with Crippen LogP contribution >= 0.6 is 0 Å². The molecule has 0 spiro atoms. The summed E-state index contributed by atoms with van der Waals surface area (Å²) >= 11 is 0. The minimum atomic E-state index is -0.944. The standard InChI is InChI=1S/C13H16O5/c1-2-16-12(15)8-10(14)9-4-3-5-11-13(9)18-7-6-17-11/h3-5,10,14H,2,6-8H2,1H3. The molecule has 0 amide bonds. The third-order valence-electron chi connectivity index (χ3n) is 2.62. The molecule has 0 bridgehead atoms. The van der Waals surface area contributed by atoms with Gasteiger partial charge in [0.15, 0.2) is 11.5 Å². The Morgan fingerprint density at radius 2 is 2.22 bits per heavy atom. The van der Waals surface area contributed by atoms with Crippen LogP contribution in [0.4, 0.5) is 0 Å². The van der Waals surface area contributed by atoms with Crippen LogP contribution in [0.1, 0.15) is 25.0 Å². The van der Waals surface area contributed by atoms with Crippen molar-refractivity contribution in [2.45, 2.75) is 19.4 Å². The van der Waals surface area contributed by atoms with Crippen molar-refractivity contribution >= 4 is 5.97 Å². The van der Waals surface area contributed by atoms with Gasteiger partial charge in [0.05, 0.1) is 19.1 Å². The number of para-hydroxylation sites is 1. The number of rotatable bonds is 4. The number of fused-ring (bicyclic) bond motifs is 1. The van der Waals surface area contributed by atoms with E-state index >= 15 is 0 Å². The molecular formula is C13H16O5. The maximum absolute atomic E-state index is 11.3. The van der Waals surface area contributed by atoms with E-state index in [0.29, 0.717) is 36.9 Å². The summed E-state index contributed by atoms with van der Waals surface area (Å²) in [6.45, 7) is 2.96. The molecule has 1 aliphatic heterocycles. The first-order chi connectivity index (χ1) is 8.72. The summed E-state index contributed by atoms with van der Waals surface area (Å²) in [6.07, 6.45) is -1.03. The number of hydrogen-bond acceptors (Lipinski definition) is 5. The highest BCUT2D eigenvalue weighted by Crippen LogP contribution is 2.37. The van der Waals surface area contributed by atoms with Gasteiger partial charge in [0.1, 0.15) is 13.2 Å². The van der Waals surface area contributed by atoms with Crippen LogP contribution in [-0.2, 0) is 9.53 Å². The van der Waals surface area contributed by atoms with E-state index in [0.717, 1.165) is 0 Å². The van der Waals surface area contributed by atoms with Gasteiger partial charge in [-0.15, -0.1) is 0 Å². The molecule has 1 unspecified atom stereocenters. The highest BCUT2D eigenvalue weighted by molar-refractivity contribution is 5.70. The summed E-state index contributed by atoms with van der Waals surface area (Å²) in [5.74, 6) is 0.682. The molecule has 5 nitrogen and oxygen atoms in total. The highest BCUT2D eigenvalue weighted by Gasteiger charge is 2.22. The van der Waals surface area contributed by atoms with E-state index in [1.807, 2.05) is 0 Å². The second-order valence-corrected chi connectivity index (χ2v) is 3.90. The van der Waals surface area contributed by atoms with Gasteiger partial charge in [-0.05, 0) is 13.0 Å². The van der Waals surface area contributed by atoms with Crippen molar-refractivity contribution in [1.29, 1.82) is 0 Å². The average molecular weight is 252 g/mol. The smallest absolute Gasteiger partial charge is 0.308 e. The van der Waals surface area contributed by atoms with E-state index < -0.39 is 12.1 Å². The van der Waals surface area contributed by atoms with Gasteiger partial charge in [0.25, 0.3) is 0 Å². The molecule has 98 valence electrons. The largest absolute Gasteiger partial charge is 0.486 e. The first-order valence-corrected chi connectivity index (χ1v) is 5.94. The summed E-state index contributed by atoms with van der Waals surface area (Å²) in [6, 6.07) is 5.25. The fourth-order valence-corrected chi connectivity index (χ4v) is 1.85. The minimum absolute atomic E-state index is 0.0896. The molecule has 18 heavy (non-hydrogen) atoms. The number of aliphatic hydroxyl groups excluding tert-OH is 1. The number of carbonyl (C=O) groups is 1. The van der Waals surface area contributed by atoms with Gasteiger partial charge < -0.3 is 19.3 Å². The number of esters is 1. The van der Waals surface area contributed by atoms with Crippen LogP contribution in [0, 0.1) is 0 Å². The van der Waals surface area contributed by atoms with Crippen LogP contribution in [0.3, 0.4) is 0 Å². The topological polar surface area (TPSA) is 65.0 Å². The molecule has 1 aliphatic rings. The zero-order valence-electron chi connectivity index (χ0n) is 10.2. The molecule has 0 radical (unpaired) electrons. The lowest BCUT2D eigenvalue weighted by atomic mass is 10.0. The average Bonchev–Trinajstić information content (AvgIpc) is 2.38. The lowest BCUT2D eigenvalue weighted by Crippen LogP contribution is -2.18. The Labute approximate surface area is 105 Å². The van der Waals surface area contributed by atoms with Gasteiger partial charge in [-0.3, -0.25) is 4.79 Å². The quantitative estimate of drug-likeness (QED) is 0.821. The van der Waals surface area contributed by atoms with Crippen molar-refractivity contribution in [3.8, 4) is 11.5 Å². The van der Waals surface area contributed by atoms with Gasteiger partial charge in [-0.25, -0.2) is 0 Å². The number of hydrogen-bond donors (Lipinski definition) is 1. The molecule has 1 aromatic carbocycles. The first kappa shape index (κ1) is 12.7. The van der Waals surface area contributed by atoms with E-state index in [1.165, 1.54) is 0 Å². The van der Waals surface area contributed by atoms with Crippen molar-refractivity contribution in [2.24, 2.45) is 0 Å². The number of ether oxygens (including phenoxy) is 3. The molecule has 0 aliphatic carbocycles. The number of aliphatic hydroxyl groups is 1. The Balaban J connectivity index is 2.15. The molecule has 1 aromatic rings. The van der Waals surface area contributed by atoms with Crippen LogP contribution in [0.2, 0.25) is 0 Å². The van der Waals surface area contributed by atoms with Crippen molar-refractivity contribution in [3.63, 3.8) is 0 Å².